The highest BCUT2D eigenvalue weighted by molar-refractivity contribution is 5.52. The van der Waals surface area contributed by atoms with Crippen LogP contribution in [0.1, 0.15) is 48.3 Å². The van der Waals surface area contributed by atoms with Gasteiger partial charge >= 0.3 is 0 Å². The summed E-state index contributed by atoms with van der Waals surface area (Å²) in [5, 5.41) is 8.32. The monoisotopic (exact) mass is 428 g/mol. The molecule has 1 unspecified atom stereocenters. The summed E-state index contributed by atoms with van der Waals surface area (Å²) in [4.78, 5) is 15.8. The third-order valence-electron chi connectivity index (χ3n) is 6.78. The van der Waals surface area contributed by atoms with Gasteiger partial charge in [-0.05, 0) is 55.5 Å². The van der Waals surface area contributed by atoms with Crippen LogP contribution in [0.2, 0.25) is 0 Å². The van der Waals surface area contributed by atoms with E-state index in [2.05, 4.69) is 42.3 Å². The predicted molar refractivity (Wildman–Crippen MR) is 115 cm³/mol. The molecule has 2 aliphatic rings. The summed E-state index contributed by atoms with van der Waals surface area (Å²) >= 11 is 0. The van der Waals surface area contributed by atoms with E-state index in [9.17, 15) is 0 Å². The first-order valence-electron chi connectivity index (χ1n) is 11.1. The Morgan fingerprint density at radius 2 is 1.84 bits per heavy atom. The number of benzene rings is 1. The zero-order valence-corrected chi connectivity index (χ0v) is 17.7. The van der Waals surface area contributed by atoms with Gasteiger partial charge in [0.05, 0.1) is 6.54 Å². The Morgan fingerprint density at radius 3 is 2.66 bits per heavy atom. The first kappa shape index (κ1) is 19.3. The van der Waals surface area contributed by atoms with E-state index < -0.39 is 0 Å². The van der Waals surface area contributed by atoms with E-state index in [1.165, 1.54) is 5.56 Å². The molecular formula is C24H24N6O2. The molecule has 4 aromatic rings. The fourth-order valence-corrected chi connectivity index (χ4v) is 4.79. The smallest absolute Gasteiger partial charge is 0.240 e. The molecule has 4 heterocycles. The minimum Gasteiger partial charge on any atom is -0.339 e. The van der Waals surface area contributed by atoms with E-state index in [0.29, 0.717) is 36.0 Å². The predicted octanol–water partition coefficient (Wildman–Crippen LogP) is 3.88. The molecule has 1 aromatic carbocycles. The molecule has 0 N–H and O–H groups in total. The number of nitrogens with zero attached hydrogens (tertiary/aromatic N) is 6. The standard InChI is InChI=1S/C24H24N6O2/c1-2-5-17(6-3-1)13-20-26-21(31-28-20)16-30-11-8-24(9-12-30)14-19(24)23-27-22(29-32-23)18-7-4-10-25-15-18/h1-7,10,15,19H,8-9,11-14,16H2. The van der Waals surface area contributed by atoms with Crippen molar-refractivity contribution in [2.75, 3.05) is 13.1 Å². The van der Waals surface area contributed by atoms with Crippen molar-refractivity contribution in [3.63, 3.8) is 0 Å². The second kappa shape index (κ2) is 7.94. The molecule has 8 heteroatoms. The molecule has 1 saturated carbocycles. The molecule has 0 radical (unpaired) electrons. The average Bonchev–Trinajstić information content (AvgIpc) is 3.17. The highest BCUT2D eigenvalue weighted by Gasteiger charge is 2.58. The highest BCUT2D eigenvalue weighted by Crippen LogP contribution is 2.64. The van der Waals surface area contributed by atoms with Crippen LogP contribution in [0.5, 0.6) is 0 Å². The van der Waals surface area contributed by atoms with Gasteiger partial charge in [0.15, 0.2) is 5.82 Å². The number of piperidine rings is 1. The highest BCUT2D eigenvalue weighted by atomic mass is 16.5. The maximum absolute atomic E-state index is 5.61. The van der Waals surface area contributed by atoms with Crippen molar-refractivity contribution in [3.8, 4) is 11.4 Å². The summed E-state index contributed by atoms with van der Waals surface area (Å²) in [6.45, 7) is 2.72. The molecule has 162 valence electrons. The van der Waals surface area contributed by atoms with Gasteiger partial charge in [0.25, 0.3) is 0 Å². The summed E-state index contributed by atoms with van der Waals surface area (Å²) in [7, 11) is 0. The fraction of sp³-hybridized carbons (Fsp3) is 0.375. The maximum Gasteiger partial charge on any atom is 0.240 e. The molecule has 1 saturated heterocycles. The molecule has 2 fully saturated rings. The summed E-state index contributed by atoms with van der Waals surface area (Å²) in [6.07, 6.45) is 7.56. The van der Waals surface area contributed by atoms with E-state index in [4.69, 9.17) is 9.05 Å². The third kappa shape index (κ3) is 3.82. The molecule has 1 spiro atoms. The van der Waals surface area contributed by atoms with Crippen LogP contribution < -0.4 is 0 Å². The SMILES string of the molecule is c1ccc(Cc2noc(CN3CCC4(CC3)CC4c3nc(-c4cccnc4)no3)n2)cc1. The van der Waals surface area contributed by atoms with Crippen molar-refractivity contribution in [1.82, 2.24) is 30.2 Å². The summed E-state index contributed by atoms with van der Waals surface area (Å²) in [5.74, 6) is 3.18. The van der Waals surface area contributed by atoms with Crippen LogP contribution in [0, 0.1) is 5.41 Å². The van der Waals surface area contributed by atoms with E-state index in [-0.39, 0.29) is 0 Å². The van der Waals surface area contributed by atoms with Crippen molar-refractivity contribution >= 4 is 0 Å². The number of aromatic nitrogens is 5. The van der Waals surface area contributed by atoms with Gasteiger partial charge in [-0.1, -0.05) is 40.6 Å². The van der Waals surface area contributed by atoms with Crippen LogP contribution in [-0.2, 0) is 13.0 Å². The quantitative estimate of drug-likeness (QED) is 0.457. The summed E-state index contributed by atoms with van der Waals surface area (Å²) in [6, 6.07) is 14.1. The van der Waals surface area contributed by atoms with Crippen LogP contribution >= 0.6 is 0 Å². The minimum atomic E-state index is 0.294. The Morgan fingerprint density at radius 1 is 0.969 bits per heavy atom. The zero-order chi connectivity index (χ0) is 21.4. The Labute approximate surface area is 185 Å². The minimum absolute atomic E-state index is 0.294. The Kier molecular flexibility index (Phi) is 4.79. The second-order valence-electron chi connectivity index (χ2n) is 8.86. The molecular weight excluding hydrogens is 404 g/mol. The topological polar surface area (TPSA) is 94.0 Å². The van der Waals surface area contributed by atoms with Crippen molar-refractivity contribution in [1.29, 1.82) is 0 Å². The lowest BCUT2D eigenvalue weighted by molar-refractivity contribution is 0.144. The largest absolute Gasteiger partial charge is 0.339 e. The van der Waals surface area contributed by atoms with E-state index in [1.54, 1.807) is 12.4 Å². The van der Waals surface area contributed by atoms with Gasteiger partial charge in [0.1, 0.15) is 0 Å². The zero-order valence-electron chi connectivity index (χ0n) is 17.7. The number of rotatable bonds is 6. The summed E-state index contributed by atoms with van der Waals surface area (Å²) < 4.78 is 11.1. The van der Waals surface area contributed by atoms with Crippen LogP contribution in [0.4, 0.5) is 0 Å². The van der Waals surface area contributed by atoms with Crippen molar-refractivity contribution in [2.24, 2.45) is 5.41 Å². The fourth-order valence-electron chi connectivity index (χ4n) is 4.79. The first-order chi connectivity index (χ1) is 15.8. The van der Waals surface area contributed by atoms with Crippen molar-refractivity contribution in [3.05, 3.63) is 78.0 Å². The number of pyridine rings is 1. The van der Waals surface area contributed by atoms with Gasteiger partial charge in [-0.2, -0.15) is 9.97 Å². The van der Waals surface area contributed by atoms with Gasteiger partial charge in [0, 0.05) is 30.3 Å². The van der Waals surface area contributed by atoms with Gasteiger partial charge in [-0.3, -0.25) is 9.88 Å². The van der Waals surface area contributed by atoms with Gasteiger partial charge < -0.3 is 9.05 Å². The lowest BCUT2D eigenvalue weighted by Crippen LogP contribution is -2.34. The van der Waals surface area contributed by atoms with E-state index in [0.717, 1.165) is 49.6 Å². The molecule has 0 amide bonds. The van der Waals surface area contributed by atoms with Crippen LogP contribution in [-0.4, -0.2) is 43.3 Å². The number of likely N-dealkylation sites (tertiary alicyclic amines) is 1. The Balaban J connectivity index is 1.04. The summed E-state index contributed by atoms with van der Waals surface area (Å²) in [5.41, 5.74) is 2.37. The molecule has 1 aliphatic heterocycles. The Bertz CT molecular complexity index is 1180. The average molecular weight is 428 g/mol. The lowest BCUT2D eigenvalue weighted by Gasteiger charge is -2.31. The van der Waals surface area contributed by atoms with E-state index in [1.807, 2.05) is 30.3 Å². The lowest BCUT2D eigenvalue weighted by atomic mass is 9.91. The van der Waals surface area contributed by atoms with Crippen LogP contribution in [0.15, 0.2) is 63.9 Å². The molecule has 32 heavy (non-hydrogen) atoms. The Hall–Kier alpha value is -3.39. The third-order valence-corrected chi connectivity index (χ3v) is 6.78. The number of hydrogen-bond acceptors (Lipinski definition) is 8. The van der Waals surface area contributed by atoms with E-state index >= 15 is 0 Å². The normalized spacial score (nSPS) is 19.9. The number of hydrogen-bond donors (Lipinski definition) is 0. The van der Waals surface area contributed by atoms with Crippen molar-refractivity contribution < 1.29 is 9.05 Å². The maximum atomic E-state index is 5.61. The van der Waals surface area contributed by atoms with Crippen molar-refractivity contribution in [2.45, 2.75) is 38.1 Å². The van der Waals surface area contributed by atoms with Crippen LogP contribution in [0.25, 0.3) is 11.4 Å². The molecule has 1 atom stereocenters. The van der Waals surface area contributed by atoms with Gasteiger partial charge in [-0.15, -0.1) is 0 Å². The molecule has 1 aliphatic carbocycles. The molecule has 8 nitrogen and oxygen atoms in total. The van der Waals surface area contributed by atoms with Crippen LogP contribution in [0.3, 0.4) is 0 Å². The van der Waals surface area contributed by atoms with Gasteiger partial charge in [-0.25, -0.2) is 0 Å². The molecule has 0 bridgehead atoms. The van der Waals surface area contributed by atoms with Gasteiger partial charge in [0.2, 0.25) is 17.6 Å². The second-order valence-corrected chi connectivity index (χ2v) is 8.86. The molecule has 6 rings (SSSR count). The first-order valence-corrected chi connectivity index (χ1v) is 11.1. The molecule has 3 aromatic heterocycles.